The van der Waals surface area contributed by atoms with Crippen LogP contribution in [0, 0.1) is 47.3 Å². The number of nitrogens with one attached hydrogen (secondary N) is 5. The van der Waals surface area contributed by atoms with Gasteiger partial charge in [-0.25, -0.2) is 0 Å². The Labute approximate surface area is 336 Å². The van der Waals surface area contributed by atoms with Crippen molar-refractivity contribution in [2.24, 2.45) is 17.8 Å². The van der Waals surface area contributed by atoms with E-state index < -0.39 is 77.6 Å². The number of carbonyl (C=O) groups excluding carboxylic acids is 5. The normalized spacial score (nSPS) is 23.6. The van der Waals surface area contributed by atoms with E-state index in [0.717, 1.165) is 4.57 Å². The highest BCUT2D eigenvalue weighted by Gasteiger charge is 2.50. The van der Waals surface area contributed by atoms with Crippen LogP contribution in [-0.4, -0.2) is 87.5 Å². The molecule has 4 aliphatic rings. The Balaban J connectivity index is 1.13. The van der Waals surface area contributed by atoms with E-state index in [9.17, 15) is 57.3 Å². The van der Waals surface area contributed by atoms with Gasteiger partial charge in [0.05, 0.1) is 12.1 Å². The molecule has 5 amide bonds. The predicted molar refractivity (Wildman–Crippen MR) is 203 cm³/mol. The molecule has 20 heteroatoms. The first-order valence-electron chi connectivity index (χ1n) is 19.5. The number of pyridine rings is 2. The number of aromatic nitrogens is 2. The molecule has 2 aromatic heterocycles. The summed E-state index contributed by atoms with van der Waals surface area (Å²) in [5, 5.41) is 32.4. The second-order valence-electron chi connectivity index (χ2n) is 15.7. The van der Waals surface area contributed by atoms with Crippen molar-refractivity contribution in [1.82, 2.24) is 30.0 Å². The minimum absolute atomic E-state index is 0.00142. The second kappa shape index (κ2) is 17.4. The molecule has 5 unspecified atom stereocenters. The van der Waals surface area contributed by atoms with Crippen molar-refractivity contribution >= 4 is 40.9 Å². The zero-order chi connectivity index (χ0) is 42.8. The van der Waals surface area contributed by atoms with Gasteiger partial charge in [0, 0.05) is 49.8 Å². The SMILES string of the molecule is CC(=O)Nc1ccc2n(c1=O)[C@H](C(=O)N[C@H](C#N)C[C@@H]1CCN(C3CC3CC(C(=O)NC(C#N)CC3CCNC3=O)n3ccc(C)c(NCC(F)(F)F)c3=O)C1=O)CC2. The Bertz CT molecular complexity index is 2230. The molecule has 2 saturated heterocycles. The van der Waals surface area contributed by atoms with Crippen molar-refractivity contribution in [2.45, 2.75) is 102 Å². The first-order valence-corrected chi connectivity index (χ1v) is 19.5. The zero-order valence-corrected chi connectivity index (χ0v) is 32.4. The monoisotopic (exact) mass is 822 g/mol. The predicted octanol–water partition coefficient (Wildman–Crippen LogP) is 1.54. The van der Waals surface area contributed by atoms with Gasteiger partial charge in [-0.2, -0.15) is 23.7 Å². The number of fused-ring (bicyclic) bond motifs is 1. The number of alkyl halides is 3. The van der Waals surface area contributed by atoms with Crippen molar-refractivity contribution in [3.05, 3.63) is 56.4 Å². The molecule has 59 heavy (non-hydrogen) atoms. The van der Waals surface area contributed by atoms with E-state index in [1.807, 2.05) is 12.1 Å². The van der Waals surface area contributed by atoms with Crippen LogP contribution in [0.4, 0.5) is 24.5 Å². The first-order chi connectivity index (χ1) is 28.0. The van der Waals surface area contributed by atoms with Gasteiger partial charge in [-0.1, -0.05) is 0 Å². The maximum atomic E-state index is 13.9. The Kier molecular flexibility index (Phi) is 12.5. The topological polar surface area (TPSA) is 240 Å². The molecule has 0 spiro atoms. The summed E-state index contributed by atoms with van der Waals surface area (Å²) < 4.78 is 41.7. The lowest BCUT2D eigenvalue weighted by Crippen LogP contribution is -2.44. The van der Waals surface area contributed by atoms with E-state index in [0.29, 0.717) is 50.9 Å². The molecule has 0 aromatic carbocycles. The van der Waals surface area contributed by atoms with E-state index in [-0.39, 0.29) is 60.0 Å². The molecule has 1 aliphatic carbocycles. The number of carbonyl (C=O) groups is 5. The molecule has 0 radical (unpaired) electrons. The van der Waals surface area contributed by atoms with Crippen LogP contribution in [0.1, 0.15) is 75.2 Å². The highest BCUT2D eigenvalue weighted by atomic mass is 19.4. The van der Waals surface area contributed by atoms with Crippen molar-refractivity contribution in [3.8, 4) is 12.1 Å². The molecule has 3 fully saturated rings. The molecule has 5 N–H and O–H groups in total. The fourth-order valence-electron chi connectivity index (χ4n) is 8.45. The summed E-state index contributed by atoms with van der Waals surface area (Å²) in [7, 11) is 0. The number of rotatable bonds is 15. The van der Waals surface area contributed by atoms with Crippen LogP contribution in [0.25, 0.3) is 0 Å². The standard InChI is InChI=1S/C39H45F3N10O7/c1-20-8-11-51(38(59)32(20)46-19-39(40,41)42)31(35(56)49-25(17-43)13-22-7-10-45-33(22)54)16-24-15-30(24)50-12-9-23(36(50)57)14-26(18-44)48-34(55)29-6-4-27-3-5-28(47-21(2)53)37(58)52(27)29/h3,5,8,11,22-26,29-31,46H,4,6-7,9-10,12-16,19H2,1-2H3,(H,45,54)(H,47,53)(H,48,55)(H,49,56)/t22?,23-,24?,25?,26-,29-,30?,31?/m0/s1. The Morgan fingerprint density at radius 2 is 1.66 bits per heavy atom. The summed E-state index contributed by atoms with van der Waals surface area (Å²) in [4.78, 5) is 93.2. The van der Waals surface area contributed by atoms with Gasteiger partial charge >= 0.3 is 6.18 Å². The van der Waals surface area contributed by atoms with E-state index in [1.54, 1.807) is 11.0 Å². The summed E-state index contributed by atoms with van der Waals surface area (Å²) in [6, 6.07) is 3.86. The molecule has 3 aliphatic heterocycles. The highest BCUT2D eigenvalue weighted by Crippen LogP contribution is 2.44. The lowest BCUT2D eigenvalue weighted by Gasteiger charge is -2.24. The minimum atomic E-state index is -4.63. The number of aryl methyl sites for hydroxylation is 2. The largest absolute Gasteiger partial charge is 0.405 e. The van der Waals surface area contributed by atoms with E-state index >= 15 is 0 Å². The lowest BCUT2D eigenvalue weighted by molar-refractivity contribution is -0.132. The number of halogens is 3. The molecule has 8 atom stereocenters. The molecule has 0 bridgehead atoms. The average Bonchev–Trinajstić information content (AvgIpc) is 3.41. The van der Waals surface area contributed by atoms with Crippen LogP contribution in [0.5, 0.6) is 0 Å². The van der Waals surface area contributed by atoms with Crippen LogP contribution in [-0.2, 0) is 30.4 Å². The number of anilines is 2. The van der Waals surface area contributed by atoms with Gasteiger partial charge < -0.3 is 36.1 Å². The number of nitrogens with zero attached hydrogens (tertiary/aromatic N) is 5. The van der Waals surface area contributed by atoms with Crippen LogP contribution in [0.2, 0.25) is 0 Å². The first kappa shape index (κ1) is 42.4. The molecule has 2 aromatic rings. The summed E-state index contributed by atoms with van der Waals surface area (Å²) >= 11 is 0. The van der Waals surface area contributed by atoms with Crippen LogP contribution in [0.3, 0.4) is 0 Å². The third-order valence-corrected chi connectivity index (χ3v) is 11.5. The highest BCUT2D eigenvalue weighted by molar-refractivity contribution is 5.89. The average molecular weight is 823 g/mol. The maximum Gasteiger partial charge on any atom is 0.405 e. The third kappa shape index (κ3) is 9.59. The summed E-state index contributed by atoms with van der Waals surface area (Å²) in [6.45, 7) is 1.97. The fourth-order valence-corrected chi connectivity index (χ4v) is 8.45. The van der Waals surface area contributed by atoms with E-state index in [4.69, 9.17) is 0 Å². The van der Waals surface area contributed by atoms with Gasteiger partial charge in [-0.15, -0.1) is 0 Å². The zero-order valence-electron chi connectivity index (χ0n) is 32.4. The smallest absolute Gasteiger partial charge is 0.372 e. The third-order valence-electron chi connectivity index (χ3n) is 11.5. The lowest BCUT2D eigenvalue weighted by atomic mass is 9.98. The number of amides is 5. The second-order valence-corrected chi connectivity index (χ2v) is 15.7. The molecule has 17 nitrogen and oxygen atoms in total. The Hall–Kier alpha value is -6.18. The number of hydrogen-bond acceptors (Lipinski definition) is 10. The molecular weight excluding hydrogens is 777 g/mol. The van der Waals surface area contributed by atoms with Crippen molar-refractivity contribution in [3.63, 3.8) is 0 Å². The van der Waals surface area contributed by atoms with Crippen LogP contribution in [0.15, 0.2) is 34.0 Å². The fraction of sp³-hybridized carbons (Fsp3) is 0.564. The number of likely N-dealkylation sites (tertiary alicyclic amines) is 1. The summed E-state index contributed by atoms with van der Waals surface area (Å²) in [6.07, 6.45) is -1.29. The van der Waals surface area contributed by atoms with Gasteiger partial charge in [0.15, 0.2) is 0 Å². The van der Waals surface area contributed by atoms with Crippen LogP contribution < -0.4 is 37.7 Å². The van der Waals surface area contributed by atoms with Crippen molar-refractivity contribution in [1.29, 1.82) is 10.5 Å². The van der Waals surface area contributed by atoms with E-state index in [2.05, 4.69) is 26.6 Å². The molecule has 1 saturated carbocycles. The van der Waals surface area contributed by atoms with Gasteiger partial charge in [-0.05, 0) is 88.0 Å². The van der Waals surface area contributed by atoms with Gasteiger partial charge in [0.1, 0.15) is 42.1 Å². The molecule has 6 rings (SSSR count). The number of hydrogen-bond donors (Lipinski definition) is 5. The molecular formula is C39H45F3N10O7. The number of nitriles is 2. The molecule has 5 heterocycles. The summed E-state index contributed by atoms with van der Waals surface area (Å²) in [5.41, 5.74) is -0.916. The van der Waals surface area contributed by atoms with Gasteiger partial charge in [0.2, 0.25) is 29.5 Å². The maximum absolute atomic E-state index is 13.9. The van der Waals surface area contributed by atoms with Gasteiger partial charge in [0.25, 0.3) is 11.1 Å². The summed E-state index contributed by atoms with van der Waals surface area (Å²) in [5.74, 6) is -3.73. The van der Waals surface area contributed by atoms with Gasteiger partial charge in [-0.3, -0.25) is 38.1 Å². The molecule has 314 valence electrons. The minimum Gasteiger partial charge on any atom is -0.372 e. The quantitative estimate of drug-likeness (QED) is 0.174. The van der Waals surface area contributed by atoms with E-state index in [1.165, 1.54) is 36.7 Å². The van der Waals surface area contributed by atoms with Crippen molar-refractivity contribution < 1.29 is 37.1 Å². The van der Waals surface area contributed by atoms with Crippen LogP contribution >= 0.6 is 0 Å². The Morgan fingerprint density at radius 3 is 2.32 bits per heavy atom. The Morgan fingerprint density at radius 1 is 0.949 bits per heavy atom. The van der Waals surface area contributed by atoms with Crippen molar-refractivity contribution in [2.75, 3.05) is 30.3 Å².